The number of hydrogen-bond donors (Lipinski definition) is 2. The average molecular weight is 403 g/mol. The van der Waals surface area contributed by atoms with E-state index in [4.69, 9.17) is 0 Å². The largest absolute Gasteiger partial charge is 0.573 e. The number of alkyl halides is 3. The maximum Gasteiger partial charge on any atom is 0.573 e. The molecule has 0 unspecified atom stereocenters. The number of ether oxygens (including phenoxy) is 1. The molecule has 0 bridgehead atoms. The first-order chi connectivity index (χ1) is 12.4. The van der Waals surface area contributed by atoms with Crippen molar-refractivity contribution < 1.29 is 27.5 Å². The zero-order valence-corrected chi connectivity index (χ0v) is 15.9. The van der Waals surface area contributed by atoms with E-state index in [-0.39, 0.29) is 29.1 Å². The van der Waals surface area contributed by atoms with Crippen LogP contribution in [0.15, 0.2) is 18.2 Å². The molecule has 10 heteroatoms. The van der Waals surface area contributed by atoms with Crippen molar-refractivity contribution in [2.75, 3.05) is 11.9 Å². The van der Waals surface area contributed by atoms with Crippen molar-refractivity contribution in [1.82, 2.24) is 10.3 Å². The molecular weight excluding hydrogens is 383 g/mol. The van der Waals surface area contributed by atoms with Gasteiger partial charge >= 0.3 is 6.36 Å². The summed E-state index contributed by atoms with van der Waals surface area (Å²) in [5, 5.41) is 5.65. The Morgan fingerprint density at radius 2 is 1.93 bits per heavy atom. The van der Waals surface area contributed by atoms with Crippen LogP contribution in [0.4, 0.5) is 18.3 Å². The molecule has 2 amide bonds. The van der Waals surface area contributed by atoms with Crippen molar-refractivity contribution in [3.63, 3.8) is 0 Å². The van der Waals surface area contributed by atoms with Gasteiger partial charge in [-0.05, 0) is 18.6 Å². The van der Waals surface area contributed by atoms with Crippen molar-refractivity contribution in [3.05, 3.63) is 18.2 Å². The van der Waals surface area contributed by atoms with Crippen LogP contribution in [-0.4, -0.2) is 29.7 Å². The molecule has 0 aliphatic carbocycles. The van der Waals surface area contributed by atoms with Crippen LogP contribution in [0.3, 0.4) is 0 Å². The van der Waals surface area contributed by atoms with E-state index in [1.165, 1.54) is 18.2 Å². The highest BCUT2D eigenvalue weighted by atomic mass is 32.1. The number of halogens is 3. The quantitative estimate of drug-likeness (QED) is 0.713. The number of thiazole rings is 1. The third-order valence-corrected chi connectivity index (χ3v) is 4.32. The highest BCUT2D eigenvalue weighted by molar-refractivity contribution is 7.22. The van der Waals surface area contributed by atoms with Crippen LogP contribution in [0.2, 0.25) is 0 Å². The summed E-state index contributed by atoms with van der Waals surface area (Å²) < 4.78 is 41.1. The van der Waals surface area contributed by atoms with Crippen molar-refractivity contribution in [1.29, 1.82) is 0 Å². The van der Waals surface area contributed by atoms with E-state index in [1.54, 1.807) is 20.8 Å². The molecular formula is C17H20F3N3O3S. The minimum absolute atomic E-state index is 0.0917. The predicted molar refractivity (Wildman–Crippen MR) is 96.6 cm³/mol. The van der Waals surface area contributed by atoms with Gasteiger partial charge in [0.05, 0.1) is 10.2 Å². The minimum Gasteiger partial charge on any atom is -0.406 e. The molecule has 0 saturated carbocycles. The van der Waals surface area contributed by atoms with Gasteiger partial charge in [-0.2, -0.15) is 0 Å². The summed E-state index contributed by atoms with van der Waals surface area (Å²) in [6, 6.07) is 3.78. The van der Waals surface area contributed by atoms with Gasteiger partial charge in [0, 0.05) is 24.4 Å². The molecule has 0 fully saturated rings. The van der Waals surface area contributed by atoms with Gasteiger partial charge in [-0.25, -0.2) is 4.98 Å². The Kier molecular flexibility index (Phi) is 6.30. The number of carbonyl (C=O) groups is 2. The van der Waals surface area contributed by atoms with Gasteiger partial charge in [0.15, 0.2) is 5.13 Å². The number of nitrogens with one attached hydrogen (secondary N) is 2. The van der Waals surface area contributed by atoms with Crippen LogP contribution in [0.25, 0.3) is 10.2 Å². The molecule has 6 nitrogen and oxygen atoms in total. The third-order valence-electron chi connectivity index (χ3n) is 3.39. The predicted octanol–water partition coefficient (Wildman–Crippen LogP) is 4.08. The number of aromatic nitrogens is 1. The fourth-order valence-corrected chi connectivity index (χ4v) is 2.96. The van der Waals surface area contributed by atoms with Crippen LogP contribution < -0.4 is 15.4 Å². The van der Waals surface area contributed by atoms with Crippen molar-refractivity contribution >= 4 is 38.5 Å². The molecule has 2 N–H and O–H groups in total. The zero-order chi connectivity index (χ0) is 20.2. The molecule has 1 aromatic heterocycles. The molecule has 0 aliphatic rings. The van der Waals surface area contributed by atoms with E-state index in [0.717, 1.165) is 11.3 Å². The van der Waals surface area contributed by atoms with Crippen molar-refractivity contribution in [2.45, 2.75) is 40.0 Å². The van der Waals surface area contributed by atoms with E-state index >= 15 is 0 Å². The molecule has 0 spiro atoms. The lowest BCUT2D eigenvalue weighted by Crippen LogP contribution is -2.35. The number of hydrogen-bond acceptors (Lipinski definition) is 5. The molecule has 27 heavy (non-hydrogen) atoms. The molecule has 2 aromatic rings. The fraction of sp³-hybridized carbons (Fsp3) is 0.471. The smallest absolute Gasteiger partial charge is 0.406 e. The van der Waals surface area contributed by atoms with E-state index < -0.39 is 11.8 Å². The van der Waals surface area contributed by atoms with Gasteiger partial charge in [-0.15, -0.1) is 13.2 Å². The number of amides is 2. The lowest BCUT2D eigenvalue weighted by atomic mass is 9.96. The summed E-state index contributed by atoms with van der Waals surface area (Å²) >= 11 is 1.05. The van der Waals surface area contributed by atoms with Crippen molar-refractivity contribution in [2.24, 2.45) is 5.41 Å². The molecule has 1 aromatic carbocycles. The Bertz CT molecular complexity index is 828. The summed E-state index contributed by atoms with van der Waals surface area (Å²) in [6.07, 6.45) is -4.12. The molecule has 2 rings (SSSR count). The van der Waals surface area contributed by atoms with Gasteiger partial charge in [0.2, 0.25) is 11.8 Å². The number of carbonyl (C=O) groups excluding carboxylic acids is 2. The Balaban J connectivity index is 1.87. The Labute approximate surface area is 158 Å². The molecule has 0 saturated heterocycles. The summed E-state index contributed by atoms with van der Waals surface area (Å²) in [4.78, 5) is 27.8. The highest BCUT2D eigenvalue weighted by Gasteiger charge is 2.31. The number of fused-ring (bicyclic) bond motifs is 1. The van der Waals surface area contributed by atoms with E-state index in [2.05, 4.69) is 20.4 Å². The van der Waals surface area contributed by atoms with Gasteiger partial charge in [0.25, 0.3) is 0 Å². The number of rotatable bonds is 6. The van der Waals surface area contributed by atoms with Gasteiger partial charge in [0.1, 0.15) is 5.75 Å². The summed E-state index contributed by atoms with van der Waals surface area (Å²) in [5.41, 5.74) is -0.0277. The van der Waals surface area contributed by atoms with E-state index in [9.17, 15) is 22.8 Å². The van der Waals surface area contributed by atoms with Gasteiger partial charge < -0.3 is 15.4 Å². The molecule has 0 atom stereocenters. The highest BCUT2D eigenvalue weighted by Crippen LogP contribution is 2.31. The topological polar surface area (TPSA) is 80.3 Å². The van der Waals surface area contributed by atoms with Crippen LogP contribution in [-0.2, 0) is 9.59 Å². The van der Waals surface area contributed by atoms with Crippen LogP contribution in [0.1, 0.15) is 33.6 Å². The maximum atomic E-state index is 12.3. The second kappa shape index (κ2) is 8.12. The molecule has 0 aliphatic heterocycles. The summed E-state index contributed by atoms with van der Waals surface area (Å²) in [6.45, 7) is 5.77. The molecule has 1 heterocycles. The third kappa shape index (κ3) is 6.70. The fourth-order valence-electron chi connectivity index (χ4n) is 2.05. The van der Waals surface area contributed by atoms with E-state index in [0.29, 0.717) is 23.2 Å². The SMILES string of the molecule is CC(C)(C)C(=O)NCCCC(=O)Nc1nc2ccc(OC(F)(F)F)cc2s1. The lowest BCUT2D eigenvalue weighted by molar-refractivity contribution is -0.274. The first-order valence-corrected chi connectivity index (χ1v) is 9.00. The van der Waals surface area contributed by atoms with Crippen LogP contribution >= 0.6 is 11.3 Å². The second-order valence-corrected chi connectivity index (χ2v) is 7.88. The first-order valence-electron chi connectivity index (χ1n) is 8.18. The number of benzene rings is 1. The number of anilines is 1. The Morgan fingerprint density at radius 3 is 2.56 bits per heavy atom. The minimum atomic E-state index is -4.77. The first kappa shape index (κ1) is 20.9. The Hall–Kier alpha value is -2.36. The molecule has 0 radical (unpaired) electrons. The number of nitrogens with zero attached hydrogens (tertiary/aromatic N) is 1. The molecule has 148 valence electrons. The average Bonchev–Trinajstić information content (AvgIpc) is 2.90. The summed E-state index contributed by atoms with van der Waals surface area (Å²) in [5.74, 6) is -0.720. The zero-order valence-electron chi connectivity index (χ0n) is 15.1. The standard InChI is InChI=1S/C17H20F3N3O3S/c1-16(2,3)14(25)21-8-4-5-13(24)23-15-22-11-7-6-10(9-12(11)27-15)26-17(18,19)20/h6-7,9H,4-5,8H2,1-3H3,(H,21,25)(H,22,23,24). The van der Waals surface area contributed by atoms with Gasteiger partial charge in [-0.1, -0.05) is 32.1 Å². The summed E-state index contributed by atoms with van der Waals surface area (Å²) in [7, 11) is 0. The van der Waals surface area contributed by atoms with E-state index in [1.807, 2.05) is 0 Å². The Morgan fingerprint density at radius 1 is 1.22 bits per heavy atom. The van der Waals surface area contributed by atoms with Crippen molar-refractivity contribution in [3.8, 4) is 5.75 Å². The second-order valence-electron chi connectivity index (χ2n) is 6.85. The van der Waals surface area contributed by atoms with Crippen LogP contribution in [0, 0.1) is 5.41 Å². The maximum absolute atomic E-state index is 12.3. The lowest BCUT2D eigenvalue weighted by Gasteiger charge is -2.17. The van der Waals surface area contributed by atoms with Crippen LogP contribution in [0.5, 0.6) is 5.75 Å². The van der Waals surface area contributed by atoms with Gasteiger partial charge in [-0.3, -0.25) is 9.59 Å². The normalized spacial score (nSPS) is 12.1. The monoisotopic (exact) mass is 403 g/mol.